The van der Waals surface area contributed by atoms with E-state index in [0.29, 0.717) is 0 Å². The van der Waals surface area contributed by atoms with E-state index in [1.807, 2.05) is 0 Å². The van der Waals surface area contributed by atoms with Crippen LogP contribution in [0.4, 0.5) is 0 Å². The summed E-state index contributed by atoms with van der Waals surface area (Å²) in [6, 6.07) is 8.47. The molecule has 0 fully saturated rings. The van der Waals surface area contributed by atoms with Gasteiger partial charge in [0.2, 0.25) is 0 Å². The molecule has 2 aromatic rings. The first-order chi connectivity index (χ1) is 13.4. The Hall–Kier alpha value is -3.68. The zero-order valence-corrected chi connectivity index (χ0v) is 15.1. The van der Waals surface area contributed by atoms with Crippen molar-refractivity contribution in [3.8, 4) is 23.0 Å². The Morgan fingerprint density at radius 2 is 1.07 bits per heavy atom. The van der Waals surface area contributed by atoms with E-state index in [2.05, 4.69) is 0 Å². The minimum absolute atomic E-state index is 0.0926. The molecule has 0 aromatic heterocycles. The first-order valence-electron chi connectivity index (χ1n) is 8.51. The SMILES string of the molecule is CCOC(=O)C(=O)c1ccc2c(c1)Oc1ccc(C(=O)C(=O)OCC)cc1O2. The number of fused-ring (bicyclic) bond motifs is 2. The summed E-state index contributed by atoms with van der Waals surface area (Å²) in [7, 11) is 0. The van der Waals surface area contributed by atoms with Gasteiger partial charge in [-0.1, -0.05) is 0 Å². The van der Waals surface area contributed by atoms with Crippen molar-refractivity contribution in [1.82, 2.24) is 0 Å². The maximum atomic E-state index is 12.1. The van der Waals surface area contributed by atoms with Crippen LogP contribution in [-0.4, -0.2) is 36.7 Å². The number of carbonyl (C=O) groups is 4. The number of ether oxygens (including phenoxy) is 4. The number of rotatable bonds is 6. The van der Waals surface area contributed by atoms with E-state index in [9.17, 15) is 19.2 Å². The van der Waals surface area contributed by atoms with Crippen molar-refractivity contribution in [3.63, 3.8) is 0 Å². The third-order valence-electron chi connectivity index (χ3n) is 3.77. The molecule has 0 aliphatic carbocycles. The number of benzene rings is 2. The minimum atomic E-state index is -0.957. The lowest BCUT2D eigenvalue weighted by molar-refractivity contribution is -0.138. The van der Waals surface area contributed by atoms with Gasteiger partial charge < -0.3 is 18.9 Å². The van der Waals surface area contributed by atoms with Gasteiger partial charge in [-0.3, -0.25) is 9.59 Å². The molecule has 0 spiro atoms. The first-order valence-corrected chi connectivity index (χ1v) is 8.51. The molecule has 0 radical (unpaired) electrons. The van der Waals surface area contributed by atoms with E-state index >= 15 is 0 Å². The predicted molar refractivity (Wildman–Crippen MR) is 95.0 cm³/mol. The van der Waals surface area contributed by atoms with Crippen LogP contribution in [-0.2, 0) is 19.1 Å². The minimum Gasteiger partial charge on any atom is -0.460 e. The van der Waals surface area contributed by atoms with Crippen molar-refractivity contribution in [1.29, 1.82) is 0 Å². The number of hydrogen-bond donors (Lipinski definition) is 0. The van der Waals surface area contributed by atoms with E-state index in [1.54, 1.807) is 13.8 Å². The molecule has 1 aliphatic heterocycles. The number of esters is 2. The van der Waals surface area contributed by atoms with E-state index in [0.717, 1.165) is 0 Å². The molecule has 0 saturated carbocycles. The van der Waals surface area contributed by atoms with E-state index in [1.165, 1.54) is 36.4 Å². The normalized spacial score (nSPS) is 11.2. The maximum Gasteiger partial charge on any atom is 0.379 e. The zero-order valence-electron chi connectivity index (χ0n) is 15.1. The molecule has 8 heteroatoms. The standard InChI is InChI=1S/C20H16O8/c1-3-25-19(23)17(21)11-5-7-13-15(9-11)27-14-8-6-12(10-16(14)28-13)18(22)20(24)26-4-2/h5-10H,3-4H2,1-2H3. The highest BCUT2D eigenvalue weighted by atomic mass is 16.6. The van der Waals surface area contributed by atoms with Gasteiger partial charge in [0, 0.05) is 11.1 Å². The van der Waals surface area contributed by atoms with Crippen molar-refractivity contribution < 1.29 is 38.1 Å². The number of carbonyl (C=O) groups excluding carboxylic acids is 4. The van der Waals surface area contributed by atoms with Crippen LogP contribution in [0, 0.1) is 0 Å². The number of ketones is 2. The summed E-state index contributed by atoms with van der Waals surface area (Å²) in [4.78, 5) is 47.3. The summed E-state index contributed by atoms with van der Waals surface area (Å²) in [5, 5.41) is 0. The lowest BCUT2D eigenvalue weighted by Crippen LogP contribution is -2.18. The van der Waals surface area contributed by atoms with Crippen LogP contribution < -0.4 is 9.47 Å². The topological polar surface area (TPSA) is 105 Å². The molecule has 0 bridgehead atoms. The average Bonchev–Trinajstić information content (AvgIpc) is 2.70. The van der Waals surface area contributed by atoms with E-state index in [-0.39, 0.29) is 47.3 Å². The summed E-state index contributed by atoms with van der Waals surface area (Å²) in [6.45, 7) is 3.39. The lowest BCUT2D eigenvalue weighted by Gasteiger charge is -2.21. The number of hydrogen-bond acceptors (Lipinski definition) is 8. The summed E-state index contributed by atoms with van der Waals surface area (Å²) in [6.07, 6.45) is 0. The molecule has 1 heterocycles. The molecular formula is C20H16O8. The fourth-order valence-electron chi connectivity index (χ4n) is 2.49. The fourth-order valence-corrected chi connectivity index (χ4v) is 2.49. The third kappa shape index (κ3) is 3.71. The van der Waals surface area contributed by atoms with Crippen LogP contribution in [0.15, 0.2) is 36.4 Å². The van der Waals surface area contributed by atoms with Gasteiger partial charge in [0.1, 0.15) is 0 Å². The van der Waals surface area contributed by atoms with Crippen LogP contribution in [0.25, 0.3) is 0 Å². The van der Waals surface area contributed by atoms with Crippen LogP contribution in [0.3, 0.4) is 0 Å². The molecule has 8 nitrogen and oxygen atoms in total. The molecule has 0 N–H and O–H groups in total. The first kappa shape index (κ1) is 19.1. The quantitative estimate of drug-likeness (QED) is 0.363. The molecule has 0 saturated heterocycles. The second-order valence-electron chi connectivity index (χ2n) is 5.63. The van der Waals surface area contributed by atoms with Gasteiger partial charge in [-0.25, -0.2) is 9.59 Å². The average molecular weight is 384 g/mol. The molecule has 3 rings (SSSR count). The zero-order chi connectivity index (χ0) is 20.3. The van der Waals surface area contributed by atoms with Crippen LogP contribution in [0.5, 0.6) is 23.0 Å². The van der Waals surface area contributed by atoms with Crippen molar-refractivity contribution in [2.75, 3.05) is 13.2 Å². The third-order valence-corrected chi connectivity index (χ3v) is 3.77. The molecular weight excluding hydrogens is 368 g/mol. The molecule has 0 unspecified atom stereocenters. The maximum absolute atomic E-state index is 12.1. The Balaban J connectivity index is 1.84. The monoisotopic (exact) mass is 384 g/mol. The van der Waals surface area contributed by atoms with Gasteiger partial charge >= 0.3 is 11.9 Å². The van der Waals surface area contributed by atoms with Gasteiger partial charge in [0.25, 0.3) is 11.6 Å². The largest absolute Gasteiger partial charge is 0.460 e. The molecule has 28 heavy (non-hydrogen) atoms. The highest BCUT2D eigenvalue weighted by Crippen LogP contribution is 2.45. The van der Waals surface area contributed by atoms with Gasteiger partial charge in [-0.05, 0) is 50.2 Å². The van der Waals surface area contributed by atoms with Crippen LogP contribution >= 0.6 is 0 Å². The molecule has 2 aromatic carbocycles. The van der Waals surface area contributed by atoms with Gasteiger partial charge in [-0.2, -0.15) is 0 Å². The fraction of sp³-hybridized carbons (Fsp3) is 0.200. The lowest BCUT2D eigenvalue weighted by atomic mass is 10.1. The molecule has 0 atom stereocenters. The highest BCUT2D eigenvalue weighted by molar-refractivity contribution is 6.41. The van der Waals surface area contributed by atoms with Crippen LogP contribution in [0.2, 0.25) is 0 Å². The van der Waals surface area contributed by atoms with Gasteiger partial charge in [0.05, 0.1) is 13.2 Å². The summed E-state index contributed by atoms with van der Waals surface area (Å²) >= 11 is 0. The Morgan fingerprint density at radius 1 is 0.679 bits per heavy atom. The summed E-state index contributed by atoms with van der Waals surface area (Å²) in [5.74, 6) is -2.48. The highest BCUT2D eigenvalue weighted by Gasteiger charge is 2.25. The Kier molecular flexibility index (Phi) is 5.39. The molecule has 1 aliphatic rings. The summed E-state index contributed by atoms with van der Waals surface area (Å²) < 4.78 is 20.8. The van der Waals surface area contributed by atoms with Crippen molar-refractivity contribution in [2.45, 2.75) is 13.8 Å². The van der Waals surface area contributed by atoms with E-state index in [4.69, 9.17) is 18.9 Å². The Labute approximate surface area is 160 Å². The predicted octanol–water partition coefficient (Wildman–Crippen LogP) is 3.08. The van der Waals surface area contributed by atoms with Gasteiger partial charge in [0.15, 0.2) is 23.0 Å². The smallest absolute Gasteiger partial charge is 0.379 e. The molecule has 0 amide bonds. The van der Waals surface area contributed by atoms with Crippen LogP contribution in [0.1, 0.15) is 34.6 Å². The Morgan fingerprint density at radius 3 is 1.43 bits per heavy atom. The molecule has 144 valence electrons. The second-order valence-corrected chi connectivity index (χ2v) is 5.63. The van der Waals surface area contributed by atoms with Crippen molar-refractivity contribution >= 4 is 23.5 Å². The van der Waals surface area contributed by atoms with Crippen molar-refractivity contribution in [3.05, 3.63) is 47.5 Å². The van der Waals surface area contributed by atoms with Crippen molar-refractivity contribution in [2.24, 2.45) is 0 Å². The Bertz CT molecular complexity index is 897. The van der Waals surface area contributed by atoms with E-state index < -0.39 is 23.5 Å². The second kappa shape index (κ2) is 7.91. The number of Topliss-reactive ketones (excluding diaryl/α,β-unsaturated/α-hetero) is 2. The summed E-state index contributed by atoms with van der Waals surface area (Å²) in [5.41, 5.74) is 0.191. The van der Waals surface area contributed by atoms with Gasteiger partial charge in [-0.15, -0.1) is 0 Å².